The van der Waals surface area contributed by atoms with Crippen molar-refractivity contribution in [1.82, 2.24) is 20.9 Å². The molecule has 41 heavy (non-hydrogen) atoms. The van der Waals surface area contributed by atoms with E-state index in [1.54, 1.807) is 39.3 Å². The van der Waals surface area contributed by atoms with Crippen molar-refractivity contribution in [2.45, 2.75) is 38.3 Å². The van der Waals surface area contributed by atoms with Gasteiger partial charge in [-0.1, -0.05) is 48.5 Å². The minimum absolute atomic E-state index is 0.00793. The molecule has 0 unspecified atom stereocenters. The second kappa shape index (κ2) is 14.6. The number of ether oxygens (including phenoxy) is 1. The van der Waals surface area contributed by atoms with Crippen molar-refractivity contribution < 1.29 is 29.0 Å². The lowest BCUT2D eigenvalue weighted by Crippen LogP contribution is -2.51. The van der Waals surface area contributed by atoms with Gasteiger partial charge in [-0.3, -0.25) is 14.4 Å². The van der Waals surface area contributed by atoms with Crippen molar-refractivity contribution in [3.8, 4) is 0 Å². The molecule has 0 saturated carbocycles. The van der Waals surface area contributed by atoms with E-state index < -0.39 is 29.5 Å². The normalized spacial score (nSPS) is 12.8. The highest BCUT2D eigenvalue weighted by Gasteiger charge is 2.32. The minimum Gasteiger partial charge on any atom is -0.465 e. The van der Waals surface area contributed by atoms with Gasteiger partial charge >= 0.3 is 6.09 Å². The van der Waals surface area contributed by atoms with E-state index in [1.165, 1.54) is 4.90 Å². The molecule has 0 spiro atoms. The van der Waals surface area contributed by atoms with Crippen molar-refractivity contribution in [3.05, 3.63) is 71.1 Å². The minimum atomic E-state index is -1.18. The monoisotopic (exact) mass is 582 g/mol. The fourth-order valence-corrected chi connectivity index (χ4v) is 5.54. The quantitative estimate of drug-likeness (QED) is 0.231. The Morgan fingerprint density at radius 1 is 1.02 bits per heavy atom. The Morgan fingerprint density at radius 2 is 1.71 bits per heavy atom. The molecule has 2 atom stereocenters. The molecule has 4 N–H and O–H groups in total. The Balaban J connectivity index is 1.75. The van der Waals surface area contributed by atoms with Crippen LogP contribution in [0.15, 0.2) is 60.0 Å². The summed E-state index contributed by atoms with van der Waals surface area (Å²) in [5.41, 5.74) is 1.04. The third-order valence-corrected chi connectivity index (χ3v) is 7.71. The summed E-state index contributed by atoms with van der Waals surface area (Å²) >= 11 is 1.59. The summed E-state index contributed by atoms with van der Waals surface area (Å²) in [6, 6.07) is 16.7. The third kappa shape index (κ3) is 9.29. The van der Waals surface area contributed by atoms with Crippen molar-refractivity contribution in [2.24, 2.45) is 5.92 Å². The van der Waals surface area contributed by atoms with Gasteiger partial charge in [-0.25, -0.2) is 4.79 Å². The molecule has 10 nitrogen and oxygen atoms in total. The molecule has 0 fully saturated rings. The van der Waals surface area contributed by atoms with E-state index in [2.05, 4.69) is 16.0 Å². The summed E-state index contributed by atoms with van der Waals surface area (Å²) in [6.07, 6.45) is -0.468. The molecule has 0 aliphatic carbocycles. The molecule has 11 heteroatoms. The first-order chi connectivity index (χ1) is 19.5. The molecule has 0 saturated heterocycles. The predicted molar refractivity (Wildman–Crippen MR) is 159 cm³/mol. The topological polar surface area (TPSA) is 137 Å². The van der Waals surface area contributed by atoms with E-state index in [-0.39, 0.29) is 31.6 Å². The molecular formula is C30H38N4O6S. The standard InChI is InChI=1S/C30H38N4O6S/c1-30(2,33-29(38)39)19-40-17-26(35)32-16-21(15-22-18-41-25-13-9-8-12-23(22)25)28(37)34(4)24(27(36)31-3)14-20-10-6-5-7-11-20/h5-13,18,21,24,33H,14-17,19H2,1-4H3,(H,31,36)(H,32,35)(H,38,39)/t21-,24-/m1/s1. The molecule has 0 aliphatic heterocycles. The van der Waals surface area contributed by atoms with Crippen LogP contribution in [-0.4, -0.2) is 79.3 Å². The molecule has 1 heterocycles. The Kier molecular flexibility index (Phi) is 11.2. The Bertz CT molecular complexity index is 1340. The van der Waals surface area contributed by atoms with E-state index in [9.17, 15) is 19.2 Å². The molecule has 3 aromatic rings. The number of nitrogens with zero attached hydrogens (tertiary/aromatic N) is 1. The molecule has 3 rings (SSSR count). The van der Waals surface area contributed by atoms with Crippen LogP contribution in [0.1, 0.15) is 25.0 Å². The highest BCUT2D eigenvalue weighted by molar-refractivity contribution is 7.17. The molecule has 220 valence electrons. The first-order valence-electron chi connectivity index (χ1n) is 13.3. The van der Waals surface area contributed by atoms with Crippen LogP contribution in [0.3, 0.4) is 0 Å². The Morgan fingerprint density at radius 3 is 2.39 bits per heavy atom. The number of thiophene rings is 1. The van der Waals surface area contributed by atoms with Gasteiger partial charge in [0, 0.05) is 31.8 Å². The van der Waals surface area contributed by atoms with Gasteiger partial charge in [0.15, 0.2) is 0 Å². The zero-order valence-electron chi connectivity index (χ0n) is 23.8. The molecule has 0 aliphatic rings. The van der Waals surface area contributed by atoms with Crippen LogP contribution in [0.4, 0.5) is 4.79 Å². The number of benzene rings is 2. The maximum absolute atomic E-state index is 13.9. The number of carbonyl (C=O) groups is 4. The highest BCUT2D eigenvalue weighted by Crippen LogP contribution is 2.28. The number of hydrogen-bond donors (Lipinski definition) is 4. The molecule has 2 aromatic carbocycles. The number of likely N-dealkylation sites (N-methyl/N-ethyl adjacent to an activating group) is 2. The summed E-state index contributed by atoms with van der Waals surface area (Å²) < 4.78 is 6.53. The lowest BCUT2D eigenvalue weighted by atomic mass is 9.95. The third-order valence-electron chi connectivity index (χ3n) is 6.70. The maximum Gasteiger partial charge on any atom is 0.405 e. The Labute approximate surface area is 244 Å². The molecular weight excluding hydrogens is 544 g/mol. The van der Waals surface area contributed by atoms with Gasteiger partial charge in [0.05, 0.1) is 18.1 Å². The number of carboxylic acid groups (broad SMARTS) is 1. The number of hydrogen-bond acceptors (Lipinski definition) is 6. The summed E-state index contributed by atoms with van der Waals surface area (Å²) in [5, 5.41) is 19.8. The van der Waals surface area contributed by atoms with Crippen LogP contribution in [0.25, 0.3) is 10.1 Å². The average molecular weight is 583 g/mol. The second-order valence-electron chi connectivity index (χ2n) is 10.5. The van der Waals surface area contributed by atoms with Gasteiger partial charge in [0.25, 0.3) is 0 Å². The highest BCUT2D eigenvalue weighted by atomic mass is 32.1. The van der Waals surface area contributed by atoms with Gasteiger partial charge in [0.2, 0.25) is 17.7 Å². The summed E-state index contributed by atoms with van der Waals surface area (Å²) in [6.45, 7) is 3.03. The average Bonchev–Trinajstić information content (AvgIpc) is 3.35. The van der Waals surface area contributed by atoms with Gasteiger partial charge in [-0.2, -0.15) is 0 Å². The van der Waals surface area contributed by atoms with E-state index >= 15 is 0 Å². The molecule has 1 aromatic heterocycles. The largest absolute Gasteiger partial charge is 0.465 e. The van der Waals surface area contributed by atoms with E-state index in [0.29, 0.717) is 12.8 Å². The second-order valence-corrected chi connectivity index (χ2v) is 11.4. The number of nitrogens with one attached hydrogen (secondary N) is 3. The van der Waals surface area contributed by atoms with Gasteiger partial charge in [-0.05, 0) is 48.2 Å². The van der Waals surface area contributed by atoms with E-state index in [0.717, 1.165) is 21.2 Å². The summed E-state index contributed by atoms with van der Waals surface area (Å²) in [7, 11) is 3.16. The van der Waals surface area contributed by atoms with Crippen LogP contribution in [0.2, 0.25) is 0 Å². The van der Waals surface area contributed by atoms with Crippen LogP contribution in [0.5, 0.6) is 0 Å². The van der Waals surface area contributed by atoms with Crippen LogP contribution < -0.4 is 16.0 Å². The lowest BCUT2D eigenvalue weighted by Gasteiger charge is -2.30. The molecule has 4 amide bonds. The van der Waals surface area contributed by atoms with Crippen LogP contribution in [0, 0.1) is 5.92 Å². The van der Waals surface area contributed by atoms with Crippen molar-refractivity contribution in [2.75, 3.05) is 33.9 Å². The zero-order chi connectivity index (χ0) is 30.0. The van der Waals surface area contributed by atoms with Gasteiger partial charge < -0.3 is 30.7 Å². The predicted octanol–water partition coefficient (Wildman–Crippen LogP) is 3.05. The number of rotatable bonds is 14. The van der Waals surface area contributed by atoms with Gasteiger partial charge in [-0.15, -0.1) is 11.3 Å². The van der Waals surface area contributed by atoms with Crippen molar-refractivity contribution in [3.63, 3.8) is 0 Å². The first kappa shape index (κ1) is 31.6. The molecule has 0 radical (unpaired) electrons. The first-order valence-corrected chi connectivity index (χ1v) is 14.2. The molecule has 0 bridgehead atoms. The summed E-state index contributed by atoms with van der Waals surface area (Å²) in [5.74, 6) is -1.62. The fourth-order valence-electron chi connectivity index (χ4n) is 4.57. The number of amides is 4. The van der Waals surface area contributed by atoms with Crippen molar-refractivity contribution >= 4 is 45.2 Å². The van der Waals surface area contributed by atoms with Crippen LogP contribution in [-0.2, 0) is 32.0 Å². The van der Waals surface area contributed by atoms with E-state index in [4.69, 9.17) is 9.84 Å². The van der Waals surface area contributed by atoms with Crippen LogP contribution >= 0.6 is 11.3 Å². The van der Waals surface area contributed by atoms with Gasteiger partial charge in [0.1, 0.15) is 12.6 Å². The maximum atomic E-state index is 13.9. The Hall–Kier alpha value is -3.96. The SMILES string of the molecule is CNC(=O)[C@@H](Cc1ccccc1)N(C)C(=O)[C@@H](CNC(=O)COCC(C)(C)NC(=O)O)Cc1csc2ccccc12. The zero-order valence-corrected chi connectivity index (χ0v) is 24.6. The number of carbonyl (C=O) groups excluding carboxylic acids is 3. The van der Waals surface area contributed by atoms with Crippen molar-refractivity contribution in [1.29, 1.82) is 0 Å². The lowest BCUT2D eigenvalue weighted by molar-refractivity contribution is -0.142. The summed E-state index contributed by atoms with van der Waals surface area (Å²) in [4.78, 5) is 51.8. The fraction of sp³-hybridized carbons (Fsp3) is 0.400. The smallest absolute Gasteiger partial charge is 0.405 e. The number of fused-ring (bicyclic) bond motifs is 1. The van der Waals surface area contributed by atoms with E-state index in [1.807, 2.05) is 60.0 Å².